The molecule has 0 radical (unpaired) electrons. The van der Waals surface area contributed by atoms with E-state index in [2.05, 4.69) is 0 Å². The lowest BCUT2D eigenvalue weighted by molar-refractivity contribution is 0.399. The topological polar surface area (TPSA) is 51.7 Å². The summed E-state index contributed by atoms with van der Waals surface area (Å²) in [6.07, 6.45) is 0. The summed E-state index contributed by atoms with van der Waals surface area (Å²) in [7, 11) is 1.00. The molecule has 0 amide bonds. The zero-order valence-electron chi connectivity index (χ0n) is 4.12. The minimum Gasteiger partial charge on any atom is -0.412 e. The molecule has 0 aliphatic rings. The minimum absolute atomic E-state index is 0. The molecule has 0 spiro atoms. The van der Waals surface area contributed by atoms with Crippen LogP contribution in [0.25, 0.3) is 0 Å². The molecule has 0 atom stereocenters. The summed E-state index contributed by atoms with van der Waals surface area (Å²) in [4.78, 5) is 0. The van der Waals surface area contributed by atoms with Crippen molar-refractivity contribution in [1.82, 2.24) is 0 Å². The Labute approximate surface area is 53.4 Å². The van der Waals surface area contributed by atoms with Crippen LogP contribution in [0, 0.1) is 0 Å². The summed E-state index contributed by atoms with van der Waals surface area (Å²) in [5.74, 6) is 1.11. The molecule has 3 N–H and O–H groups in total. The first-order valence-electron chi connectivity index (χ1n) is 1.48. The number of halogens is 2. The largest absolute Gasteiger partial charge is 0.412 e. The Balaban J connectivity index is -0.0000000480. The van der Waals surface area contributed by atoms with Crippen molar-refractivity contribution in [3.63, 3.8) is 0 Å². The second-order valence-electron chi connectivity index (χ2n) is 0.378. The highest BCUT2D eigenvalue weighted by Crippen LogP contribution is 1.75. The molecule has 4 heteroatoms. The maximum atomic E-state index is 7.00. The summed E-state index contributed by atoms with van der Waals surface area (Å²) in [6, 6.07) is 0. The number of aliphatic hydroxyl groups excluding tert-OH is 1. The van der Waals surface area contributed by atoms with Crippen molar-refractivity contribution in [1.29, 1.82) is 0 Å². The van der Waals surface area contributed by atoms with Gasteiger partial charge in [-0.1, -0.05) is 0 Å². The van der Waals surface area contributed by atoms with E-state index in [-0.39, 0.29) is 5.48 Å². The molecule has 2 nitrogen and oxygen atoms in total. The fraction of sp³-hybridized carbons (Fsp3) is 1.00. The van der Waals surface area contributed by atoms with Crippen LogP contribution >= 0.6 is 23.2 Å². The molecule has 0 aliphatic heterocycles. The average molecular weight is 149 g/mol. The Bertz CT molecular complexity index is 12.9. The zero-order chi connectivity index (χ0) is 5.41. The Kier molecular flexibility index (Phi) is 70.3. The van der Waals surface area contributed by atoms with Crippen LogP contribution in [0.5, 0.6) is 0 Å². The first kappa shape index (κ1) is 15.6. The van der Waals surface area contributed by atoms with E-state index in [1.54, 1.807) is 0 Å². The van der Waals surface area contributed by atoms with Crippen LogP contribution in [0.4, 0.5) is 0 Å². The van der Waals surface area contributed by atoms with E-state index < -0.39 is 0 Å². The van der Waals surface area contributed by atoms with Gasteiger partial charge < -0.3 is 10.6 Å². The lowest BCUT2D eigenvalue weighted by Crippen LogP contribution is -1.63. The van der Waals surface area contributed by atoms with Crippen LogP contribution in [0.1, 0.15) is 0 Å². The van der Waals surface area contributed by atoms with Gasteiger partial charge in [0.15, 0.2) is 0 Å². The average Bonchev–Trinajstić information content (AvgIpc) is 1.72. The van der Waals surface area contributed by atoms with E-state index in [0.29, 0.717) is 11.8 Å². The van der Waals surface area contributed by atoms with Gasteiger partial charge in [0.1, 0.15) is 0 Å². The second kappa shape index (κ2) is 31.5. The Hall–Kier alpha value is 0.500. The van der Waals surface area contributed by atoms with Crippen LogP contribution in [-0.2, 0) is 0 Å². The van der Waals surface area contributed by atoms with Gasteiger partial charge in [-0.15, -0.1) is 23.2 Å². The van der Waals surface area contributed by atoms with Gasteiger partial charge in [0.2, 0.25) is 0 Å². The van der Waals surface area contributed by atoms with Crippen LogP contribution in [0.2, 0.25) is 0 Å². The molecule has 0 aromatic heterocycles. The van der Waals surface area contributed by atoms with Crippen molar-refractivity contribution in [3.8, 4) is 0 Å². The Morgan fingerprint density at radius 1 is 1.14 bits per heavy atom. The van der Waals surface area contributed by atoms with Gasteiger partial charge in [-0.05, 0) is 0 Å². The second-order valence-corrected chi connectivity index (χ2v) is 1.13. The first-order valence-corrected chi connectivity index (χ1v) is 2.55. The molecule has 0 bridgehead atoms. The standard InChI is InChI=1S/C2H4Cl2.CH4O.H2O/c3-1-2-4;1-2;/h1-2H2;2H,1H3;1H2. The number of aliphatic hydroxyl groups is 1. The van der Waals surface area contributed by atoms with Crippen molar-refractivity contribution in [2.24, 2.45) is 0 Å². The summed E-state index contributed by atoms with van der Waals surface area (Å²) in [5.41, 5.74) is 0. The SMILES string of the molecule is CO.ClCCCl.O. The molecule has 0 unspecified atom stereocenters. The van der Waals surface area contributed by atoms with Gasteiger partial charge in [-0.2, -0.15) is 0 Å². The minimum atomic E-state index is 0. The van der Waals surface area contributed by atoms with Gasteiger partial charge >= 0.3 is 0 Å². The third kappa shape index (κ3) is 58.5. The van der Waals surface area contributed by atoms with Crippen molar-refractivity contribution in [3.05, 3.63) is 0 Å². The molecular weight excluding hydrogens is 139 g/mol. The molecule has 0 rings (SSSR count). The number of alkyl halides is 2. The molecule has 0 saturated carbocycles. The van der Waals surface area contributed by atoms with E-state index in [0.717, 1.165) is 7.11 Å². The van der Waals surface area contributed by atoms with Crippen molar-refractivity contribution in [2.75, 3.05) is 18.9 Å². The van der Waals surface area contributed by atoms with E-state index in [1.807, 2.05) is 0 Å². The maximum Gasteiger partial charge on any atom is 0.0359 e. The van der Waals surface area contributed by atoms with Gasteiger partial charge in [0, 0.05) is 18.9 Å². The van der Waals surface area contributed by atoms with Crippen LogP contribution < -0.4 is 0 Å². The summed E-state index contributed by atoms with van der Waals surface area (Å²) >= 11 is 10.1. The van der Waals surface area contributed by atoms with Gasteiger partial charge in [-0.25, -0.2) is 0 Å². The van der Waals surface area contributed by atoms with E-state index in [9.17, 15) is 0 Å². The fourth-order valence-electron chi connectivity index (χ4n) is 0. The lowest BCUT2D eigenvalue weighted by Gasteiger charge is -1.63. The molecular formula is C3H10Cl2O2. The fourth-order valence-corrected chi connectivity index (χ4v) is 0. The third-order valence-corrected chi connectivity index (χ3v) is 0.643. The van der Waals surface area contributed by atoms with E-state index in [1.165, 1.54) is 0 Å². The molecule has 7 heavy (non-hydrogen) atoms. The van der Waals surface area contributed by atoms with E-state index >= 15 is 0 Å². The highest BCUT2D eigenvalue weighted by atomic mass is 35.5. The molecule has 0 aliphatic carbocycles. The Morgan fingerprint density at radius 2 is 1.29 bits per heavy atom. The first-order chi connectivity index (χ1) is 2.91. The molecule has 0 aromatic rings. The van der Waals surface area contributed by atoms with Crippen molar-refractivity contribution in [2.45, 2.75) is 0 Å². The highest BCUT2D eigenvalue weighted by Gasteiger charge is 1.61. The van der Waals surface area contributed by atoms with Gasteiger partial charge in [0.25, 0.3) is 0 Å². The smallest absolute Gasteiger partial charge is 0.0359 e. The predicted molar refractivity (Wildman–Crippen MR) is 33.2 cm³/mol. The number of rotatable bonds is 1. The Morgan fingerprint density at radius 3 is 1.29 bits per heavy atom. The summed E-state index contributed by atoms with van der Waals surface area (Å²) in [5, 5.41) is 7.00. The van der Waals surface area contributed by atoms with Crippen LogP contribution in [0.15, 0.2) is 0 Å². The zero-order valence-corrected chi connectivity index (χ0v) is 5.63. The predicted octanol–water partition coefficient (Wildman–Crippen LogP) is 0.248. The highest BCUT2D eigenvalue weighted by molar-refractivity contribution is 6.25. The van der Waals surface area contributed by atoms with E-state index in [4.69, 9.17) is 28.3 Å². The molecule has 0 saturated heterocycles. The number of hydrogen-bond acceptors (Lipinski definition) is 1. The maximum absolute atomic E-state index is 7.00. The lowest BCUT2D eigenvalue weighted by atomic mass is 11.0. The summed E-state index contributed by atoms with van der Waals surface area (Å²) in [6.45, 7) is 0. The monoisotopic (exact) mass is 148 g/mol. The molecule has 0 aromatic carbocycles. The number of hydrogen-bond donors (Lipinski definition) is 1. The summed E-state index contributed by atoms with van der Waals surface area (Å²) < 4.78 is 0. The normalized spacial score (nSPS) is 5.14. The quantitative estimate of drug-likeness (QED) is 0.533. The molecule has 0 fully saturated rings. The van der Waals surface area contributed by atoms with Gasteiger partial charge in [0.05, 0.1) is 0 Å². The van der Waals surface area contributed by atoms with Crippen LogP contribution in [-0.4, -0.2) is 29.5 Å². The third-order valence-electron chi connectivity index (χ3n) is 0.0714. The van der Waals surface area contributed by atoms with Crippen molar-refractivity contribution >= 4 is 23.2 Å². The van der Waals surface area contributed by atoms with Crippen molar-refractivity contribution < 1.29 is 10.6 Å². The van der Waals surface area contributed by atoms with Crippen LogP contribution in [0.3, 0.4) is 0 Å². The molecule has 0 heterocycles. The molecule has 48 valence electrons. The van der Waals surface area contributed by atoms with Gasteiger partial charge in [-0.3, -0.25) is 0 Å².